The Morgan fingerprint density at radius 1 is 0.974 bits per heavy atom. The molecule has 2 fully saturated rings. The molecule has 4 aromatic rings. The van der Waals surface area contributed by atoms with Crippen LogP contribution in [0.4, 0.5) is 0 Å². The van der Waals surface area contributed by atoms with Crippen molar-refractivity contribution in [1.82, 2.24) is 15.1 Å². The van der Waals surface area contributed by atoms with Crippen LogP contribution in [0.15, 0.2) is 77.4 Å². The van der Waals surface area contributed by atoms with E-state index >= 15 is 0 Å². The second-order valence-corrected chi connectivity index (χ2v) is 11.9. The molecule has 0 saturated heterocycles. The first-order valence-corrected chi connectivity index (χ1v) is 14.6. The van der Waals surface area contributed by atoms with E-state index in [4.69, 9.17) is 13.4 Å². The minimum Gasteiger partial charge on any atom is -0.487 e. The Balaban J connectivity index is 1.23. The molecule has 196 valence electrons. The molecule has 2 aromatic heterocycles. The van der Waals surface area contributed by atoms with Gasteiger partial charge in [0.2, 0.25) is 5.82 Å². The van der Waals surface area contributed by atoms with Crippen molar-refractivity contribution in [3.05, 3.63) is 95.6 Å². The molecule has 3 unspecified atom stereocenters. The van der Waals surface area contributed by atoms with Crippen molar-refractivity contribution < 1.29 is 21.9 Å². The number of hydrogen-bond acceptors (Lipinski definition) is 8. The lowest BCUT2D eigenvalue weighted by Gasteiger charge is -2.39. The van der Waals surface area contributed by atoms with Crippen molar-refractivity contribution in [2.24, 2.45) is 11.8 Å². The number of rotatable bonds is 9. The summed E-state index contributed by atoms with van der Waals surface area (Å²) in [7, 11) is -3.59. The maximum atomic E-state index is 11.2. The summed E-state index contributed by atoms with van der Waals surface area (Å²) in [5, 5.41) is 4.00. The van der Waals surface area contributed by atoms with Crippen molar-refractivity contribution in [2.75, 3.05) is 6.26 Å². The number of hydrogen-bond donors (Lipinski definition) is 0. The highest BCUT2D eigenvalue weighted by atomic mass is 32.2. The number of benzene rings is 2. The molecule has 6 rings (SSSR count). The quantitative estimate of drug-likeness (QED) is 0.268. The SMILES string of the molecule is CS(=O)(=O)OCc1nc(-c2ccc(C3(c4ccc(OCc5ccccn5)cc4)CC4CCC3C4)cc2)no1. The first-order valence-electron chi connectivity index (χ1n) is 12.8. The van der Waals surface area contributed by atoms with E-state index in [1.54, 1.807) is 6.20 Å². The van der Waals surface area contributed by atoms with E-state index in [1.165, 1.54) is 30.4 Å². The highest BCUT2D eigenvalue weighted by Gasteiger charge is 2.52. The van der Waals surface area contributed by atoms with Gasteiger partial charge in [0.1, 0.15) is 19.0 Å². The molecule has 3 atom stereocenters. The van der Waals surface area contributed by atoms with E-state index < -0.39 is 10.1 Å². The molecule has 0 amide bonds. The van der Waals surface area contributed by atoms with Crippen molar-refractivity contribution in [2.45, 2.75) is 44.3 Å². The molecule has 2 heterocycles. The molecule has 2 saturated carbocycles. The molecule has 38 heavy (non-hydrogen) atoms. The van der Waals surface area contributed by atoms with Gasteiger partial charge in [-0.25, -0.2) is 0 Å². The summed E-state index contributed by atoms with van der Waals surface area (Å²) in [6.07, 6.45) is 7.69. The minimum absolute atomic E-state index is 0.0350. The highest BCUT2D eigenvalue weighted by molar-refractivity contribution is 7.85. The van der Waals surface area contributed by atoms with Gasteiger partial charge in [-0.05, 0) is 66.5 Å². The lowest BCUT2D eigenvalue weighted by atomic mass is 9.64. The smallest absolute Gasteiger partial charge is 0.264 e. The Morgan fingerprint density at radius 3 is 2.37 bits per heavy atom. The zero-order chi connectivity index (χ0) is 26.2. The van der Waals surface area contributed by atoms with Crippen molar-refractivity contribution in [3.63, 3.8) is 0 Å². The minimum atomic E-state index is -3.59. The summed E-state index contributed by atoms with van der Waals surface area (Å²) in [4.78, 5) is 8.62. The molecular weight excluding hydrogens is 502 g/mol. The molecule has 2 aliphatic rings. The van der Waals surface area contributed by atoms with E-state index in [0.717, 1.165) is 35.6 Å². The predicted molar refractivity (Wildman–Crippen MR) is 141 cm³/mol. The molecule has 2 aliphatic carbocycles. The van der Waals surface area contributed by atoms with E-state index in [-0.39, 0.29) is 17.9 Å². The first kappa shape index (κ1) is 24.8. The van der Waals surface area contributed by atoms with Crippen LogP contribution in [-0.2, 0) is 32.9 Å². The van der Waals surface area contributed by atoms with Crippen LogP contribution in [0.2, 0.25) is 0 Å². The van der Waals surface area contributed by atoms with Crippen LogP contribution >= 0.6 is 0 Å². The fourth-order valence-electron chi connectivity index (χ4n) is 6.20. The Hall–Kier alpha value is -3.56. The Morgan fingerprint density at radius 2 is 1.74 bits per heavy atom. The van der Waals surface area contributed by atoms with Gasteiger partial charge in [0.05, 0.1) is 11.9 Å². The second kappa shape index (κ2) is 9.96. The largest absolute Gasteiger partial charge is 0.487 e. The van der Waals surface area contributed by atoms with Crippen LogP contribution in [0, 0.1) is 11.8 Å². The molecule has 2 bridgehead atoms. The van der Waals surface area contributed by atoms with E-state index in [0.29, 0.717) is 18.3 Å². The van der Waals surface area contributed by atoms with Crippen LogP contribution in [0.3, 0.4) is 0 Å². The predicted octanol–water partition coefficient (Wildman–Crippen LogP) is 5.29. The Bertz CT molecular complexity index is 1500. The molecule has 0 spiro atoms. The van der Waals surface area contributed by atoms with Gasteiger partial charge in [0.25, 0.3) is 16.0 Å². The highest BCUT2D eigenvalue weighted by Crippen LogP contribution is 2.60. The maximum absolute atomic E-state index is 11.2. The average Bonchev–Trinajstić information content (AvgIpc) is 3.69. The standard InChI is InChI=1S/C29H29N3O5S/c1-38(33,34)36-19-27-31-28(32-37-27)21-6-9-22(10-7-21)29(17-20-5-8-24(29)16-20)23-11-13-26(14-12-23)35-18-25-4-2-3-15-30-25/h2-4,6-7,9-15,20,24H,5,8,16-19H2,1H3. The first-order chi connectivity index (χ1) is 18.4. The fourth-order valence-corrected chi connectivity index (χ4v) is 6.51. The Labute approximate surface area is 222 Å². The van der Waals surface area contributed by atoms with Crippen LogP contribution in [0.1, 0.15) is 48.4 Å². The van der Waals surface area contributed by atoms with E-state index in [2.05, 4.69) is 51.5 Å². The van der Waals surface area contributed by atoms with Gasteiger partial charge in [-0.15, -0.1) is 0 Å². The van der Waals surface area contributed by atoms with Gasteiger partial charge < -0.3 is 9.26 Å². The summed E-state index contributed by atoms with van der Waals surface area (Å²) < 4.78 is 38.4. The third-order valence-corrected chi connectivity index (χ3v) is 8.40. The van der Waals surface area contributed by atoms with Gasteiger partial charge >= 0.3 is 0 Å². The molecule has 0 radical (unpaired) electrons. The van der Waals surface area contributed by atoms with Gasteiger partial charge in [0.15, 0.2) is 0 Å². The molecule has 0 N–H and O–H groups in total. The monoisotopic (exact) mass is 531 g/mol. The molecule has 9 heteroatoms. The Kier molecular flexibility index (Phi) is 6.49. The van der Waals surface area contributed by atoms with Crippen LogP contribution < -0.4 is 4.74 Å². The second-order valence-electron chi connectivity index (χ2n) is 10.2. The van der Waals surface area contributed by atoms with Crippen molar-refractivity contribution in [3.8, 4) is 17.1 Å². The van der Waals surface area contributed by atoms with Crippen LogP contribution in [0.25, 0.3) is 11.4 Å². The molecule has 8 nitrogen and oxygen atoms in total. The van der Waals surface area contributed by atoms with Gasteiger partial charge in [-0.2, -0.15) is 13.4 Å². The third-order valence-electron chi connectivity index (χ3n) is 7.85. The van der Waals surface area contributed by atoms with Crippen molar-refractivity contribution in [1.29, 1.82) is 0 Å². The number of ether oxygens (including phenoxy) is 1. The number of pyridine rings is 1. The fraction of sp³-hybridized carbons (Fsp3) is 0.345. The van der Waals surface area contributed by atoms with Crippen molar-refractivity contribution >= 4 is 10.1 Å². The lowest BCUT2D eigenvalue weighted by molar-refractivity contribution is 0.249. The molecule has 0 aliphatic heterocycles. The normalized spacial score (nSPS) is 22.6. The van der Waals surface area contributed by atoms with E-state index in [9.17, 15) is 8.42 Å². The summed E-state index contributed by atoms with van der Waals surface area (Å²) >= 11 is 0. The number of fused-ring (bicyclic) bond motifs is 2. The average molecular weight is 532 g/mol. The zero-order valence-corrected chi connectivity index (χ0v) is 21.9. The third kappa shape index (κ3) is 4.96. The topological polar surface area (TPSA) is 104 Å². The number of aromatic nitrogens is 3. The maximum Gasteiger partial charge on any atom is 0.264 e. The summed E-state index contributed by atoms with van der Waals surface area (Å²) in [5.41, 5.74) is 4.28. The summed E-state index contributed by atoms with van der Waals surface area (Å²) in [5.74, 6) is 2.70. The van der Waals surface area contributed by atoms with E-state index in [1.807, 2.05) is 30.3 Å². The van der Waals surface area contributed by atoms with Gasteiger partial charge in [0, 0.05) is 17.2 Å². The molecular formula is C29H29N3O5S. The van der Waals surface area contributed by atoms with Crippen LogP contribution in [0.5, 0.6) is 5.75 Å². The van der Waals surface area contributed by atoms with Gasteiger partial charge in [-0.3, -0.25) is 9.17 Å². The van der Waals surface area contributed by atoms with Crippen LogP contribution in [-0.4, -0.2) is 29.8 Å². The summed E-state index contributed by atoms with van der Waals surface area (Å²) in [6, 6.07) is 22.8. The zero-order valence-electron chi connectivity index (χ0n) is 21.1. The number of nitrogens with zero attached hydrogens (tertiary/aromatic N) is 3. The lowest BCUT2D eigenvalue weighted by Crippen LogP contribution is -2.34. The summed E-state index contributed by atoms with van der Waals surface area (Å²) in [6.45, 7) is 0.160. The van der Waals surface area contributed by atoms with Gasteiger partial charge in [-0.1, -0.05) is 54.0 Å². The molecule has 2 aromatic carbocycles.